The fourth-order valence-corrected chi connectivity index (χ4v) is 4.56. The van der Waals surface area contributed by atoms with E-state index < -0.39 is 13.2 Å². The van der Waals surface area contributed by atoms with Crippen LogP contribution in [0.1, 0.15) is 43.2 Å². The number of rotatable bonds is 10. The van der Waals surface area contributed by atoms with Gasteiger partial charge in [0.25, 0.3) is 0 Å². The van der Waals surface area contributed by atoms with Gasteiger partial charge in [-0.15, -0.1) is 0 Å². The zero-order valence-electron chi connectivity index (χ0n) is 19.7. The average Bonchev–Trinajstić information content (AvgIpc) is 2.85. The van der Waals surface area contributed by atoms with Gasteiger partial charge in [0.15, 0.2) is 23.1 Å². The molecular formula is C26H29O8P. The third-order valence-corrected chi connectivity index (χ3v) is 6.47. The smallest absolute Gasteiger partial charge is 0.493 e. The fourth-order valence-electron chi connectivity index (χ4n) is 4.17. The van der Waals surface area contributed by atoms with Gasteiger partial charge in [-0.25, -0.2) is 4.57 Å². The quantitative estimate of drug-likeness (QED) is 0.266. The fraction of sp³-hybridized carbons (Fsp3) is 0.308. The highest BCUT2D eigenvalue weighted by atomic mass is 31.2. The van der Waals surface area contributed by atoms with Crippen molar-refractivity contribution >= 4 is 31.5 Å². The van der Waals surface area contributed by atoms with E-state index in [-0.39, 0.29) is 17.3 Å². The first-order valence-corrected chi connectivity index (χ1v) is 12.7. The number of benzene rings is 2. The molecule has 1 aliphatic rings. The molecule has 2 aromatic rings. The van der Waals surface area contributed by atoms with Crippen LogP contribution in [-0.2, 0) is 14.2 Å². The number of carbonyl (C=O) groups excluding carboxylic acids is 2. The van der Waals surface area contributed by atoms with Crippen LogP contribution in [0.4, 0.5) is 0 Å². The molecule has 0 radical (unpaired) electrons. The van der Waals surface area contributed by atoms with E-state index in [1.54, 1.807) is 49.6 Å². The van der Waals surface area contributed by atoms with Crippen LogP contribution < -0.4 is 14.0 Å². The highest BCUT2D eigenvalue weighted by Crippen LogP contribution is 2.40. The van der Waals surface area contributed by atoms with E-state index in [0.29, 0.717) is 29.9 Å². The van der Waals surface area contributed by atoms with Crippen molar-refractivity contribution in [3.05, 3.63) is 65.7 Å². The highest BCUT2D eigenvalue weighted by Gasteiger charge is 2.43. The number of ketones is 2. The molecule has 0 unspecified atom stereocenters. The molecular weight excluding hydrogens is 471 g/mol. The van der Waals surface area contributed by atoms with E-state index in [9.17, 15) is 14.2 Å². The number of phosphoric ester groups is 1. The minimum absolute atomic E-state index is 0.0149. The number of ether oxygens (including phenoxy) is 2. The Kier molecular flexibility index (Phi) is 8.67. The van der Waals surface area contributed by atoms with Gasteiger partial charge in [0.1, 0.15) is 5.75 Å². The van der Waals surface area contributed by atoms with Crippen molar-refractivity contribution in [1.29, 1.82) is 0 Å². The van der Waals surface area contributed by atoms with Gasteiger partial charge in [0, 0.05) is 0 Å². The summed E-state index contributed by atoms with van der Waals surface area (Å²) in [5.41, 5.74) is 0.281. The lowest BCUT2D eigenvalue weighted by Crippen LogP contribution is -2.39. The summed E-state index contributed by atoms with van der Waals surface area (Å²) in [7, 11) is -1.55. The number of carbonyl (C=O) groups is 2. The van der Waals surface area contributed by atoms with E-state index in [0.717, 1.165) is 24.8 Å². The highest BCUT2D eigenvalue weighted by molar-refractivity contribution is 7.46. The van der Waals surface area contributed by atoms with Crippen molar-refractivity contribution in [2.45, 2.75) is 32.1 Å². The van der Waals surface area contributed by atoms with Crippen molar-refractivity contribution in [3.63, 3.8) is 0 Å². The maximum atomic E-state index is 13.3. The third-order valence-electron chi connectivity index (χ3n) is 6.02. The summed E-state index contributed by atoms with van der Waals surface area (Å²) in [6.07, 6.45) is 9.68. The molecule has 0 atom stereocenters. The number of methoxy groups -OCH3 is 2. The summed E-state index contributed by atoms with van der Waals surface area (Å²) >= 11 is 0. The van der Waals surface area contributed by atoms with Gasteiger partial charge >= 0.3 is 7.82 Å². The second kappa shape index (κ2) is 11.5. The van der Waals surface area contributed by atoms with Gasteiger partial charge in [-0.2, -0.15) is 0 Å². The Labute approximate surface area is 204 Å². The maximum Gasteiger partial charge on any atom is 0.524 e. The molecule has 0 aromatic heterocycles. The summed E-state index contributed by atoms with van der Waals surface area (Å²) in [5.74, 6) is 0.662. The lowest BCUT2D eigenvalue weighted by atomic mass is 9.68. The van der Waals surface area contributed by atoms with E-state index in [4.69, 9.17) is 19.3 Å². The zero-order valence-corrected chi connectivity index (χ0v) is 20.6. The van der Waals surface area contributed by atoms with Crippen LogP contribution in [0.25, 0.3) is 12.2 Å². The largest absolute Gasteiger partial charge is 0.524 e. The molecule has 1 aliphatic carbocycles. The Morgan fingerprint density at radius 2 is 1.37 bits per heavy atom. The third kappa shape index (κ3) is 6.92. The van der Waals surface area contributed by atoms with Crippen LogP contribution >= 0.6 is 7.82 Å². The number of phosphoric acid groups is 1. The first-order valence-electron chi connectivity index (χ1n) is 11.2. The van der Waals surface area contributed by atoms with Gasteiger partial charge in [0.05, 0.1) is 19.6 Å². The Hall–Kier alpha value is -3.19. The lowest BCUT2D eigenvalue weighted by Gasteiger charge is -2.32. The van der Waals surface area contributed by atoms with Gasteiger partial charge in [-0.05, 0) is 60.4 Å². The van der Waals surface area contributed by atoms with E-state index >= 15 is 0 Å². The van der Waals surface area contributed by atoms with Crippen LogP contribution in [0.5, 0.6) is 17.2 Å². The van der Waals surface area contributed by atoms with Crippen molar-refractivity contribution in [2.75, 3.05) is 14.2 Å². The summed E-state index contributed by atoms with van der Waals surface area (Å²) in [4.78, 5) is 44.4. The molecule has 1 fully saturated rings. The standard InChI is InChI=1S/C26H29O8P/c1-32-22-13-8-20(18-23(22)33-2)10-15-25(28)26(16-4-3-5-17-26)24(27)14-9-19-6-11-21(12-7-19)34-35(29,30)31/h6-15,18H,3-5,16-17H2,1-2H3,(H2,29,30,31)/b14-9+,15-10+. The predicted octanol–water partition coefficient (Wildman–Crippen LogP) is 4.99. The molecule has 3 rings (SSSR count). The number of hydrogen-bond acceptors (Lipinski definition) is 6. The van der Waals surface area contributed by atoms with E-state index in [1.807, 2.05) is 0 Å². The molecule has 186 valence electrons. The molecule has 9 heteroatoms. The second-order valence-corrected chi connectivity index (χ2v) is 9.47. The summed E-state index contributed by atoms with van der Waals surface area (Å²) in [6, 6.07) is 11.3. The van der Waals surface area contributed by atoms with Gasteiger partial charge in [-0.3, -0.25) is 19.4 Å². The van der Waals surface area contributed by atoms with Gasteiger partial charge in [-0.1, -0.05) is 49.6 Å². The normalized spacial score (nSPS) is 15.8. The molecule has 2 aromatic carbocycles. The van der Waals surface area contributed by atoms with Crippen LogP contribution in [0.2, 0.25) is 0 Å². The Bertz CT molecular complexity index is 1150. The molecule has 1 saturated carbocycles. The molecule has 0 spiro atoms. The van der Waals surface area contributed by atoms with E-state index in [1.165, 1.54) is 31.4 Å². The minimum atomic E-state index is -4.64. The second-order valence-electron chi connectivity index (χ2n) is 8.30. The molecule has 0 bridgehead atoms. The number of allylic oxidation sites excluding steroid dienone is 2. The molecule has 0 amide bonds. The van der Waals surface area contributed by atoms with Crippen LogP contribution in [0.3, 0.4) is 0 Å². The number of hydrogen-bond donors (Lipinski definition) is 2. The average molecular weight is 500 g/mol. The first kappa shape index (κ1) is 26.4. The maximum absolute atomic E-state index is 13.3. The molecule has 2 N–H and O–H groups in total. The molecule has 8 nitrogen and oxygen atoms in total. The Balaban J connectivity index is 1.78. The molecule has 0 heterocycles. The Morgan fingerprint density at radius 1 is 0.829 bits per heavy atom. The first-order chi connectivity index (χ1) is 16.7. The predicted molar refractivity (Wildman–Crippen MR) is 132 cm³/mol. The monoisotopic (exact) mass is 500 g/mol. The van der Waals surface area contributed by atoms with Crippen molar-refractivity contribution in [1.82, 2.24) is 0 Å². The van der Waals surface area contributed by atoms with Gasteiger partial charge in [0.2, 0.25) is 0 Å². The SMILES string of the molecule is COc1ccc(/C=C/C(=O)C2(C(=O)/C=C/c3ccc(OP(=O)(O)O)cc3)CCCCC2)cc1OC. The van der Waals surface area contributed by atoms with Crippen molar-refractivity contribution in [3.8, 4) is 17.2 Å². The van der Waals surface area contributed by atoms with Gasteiger partial charge < -0.3 is 14.0 Å². The summed E-state index contributed by atoms with van der Waals surface area (Å²) in [6.45, 7) is 0. The lowest BCUT2D eigenvalue weighted by molar-refractivity contribution is -0.137. The van der Waals surface area contributed by atoms with Crippen LogP contribution in [-0.4, -0.2) is 35.6 Å². The molecule has 35 heavy (non-hydrogen) atoms. The Morgan fingerprint density at radius 3 is 1.91 bits per heavy atom. The van der Waals surface area contributed by atoms with Crippen molar-refractivity contribution in [2.24, 2.45) is 5.41 Å². The topological polar surface area (TPSA) is 119 Å². The molecule has 0 aliphatic heterocycles. The van der Waals surface area contributed by atoms with Crippen molar-refractivity contribution < 1.29 is 37.9 Å². The van der Waals surface area contributed by atoms with Crippen LogP contribution in [0, 0.1) is 5.41 Å². The van der Waals surface area contributed by atoms with Crippen LogP contribution in [0.15, 0.2) is 54.6 Å². The molecule has 0 saturated heterocycles. The van der Waals surface area contributed by atoms with E-state index in [2.05, 4.69) is 4.52 Å². The summed E-state index contributed by atoms with van der Waals surface area (Å²) in [5, 5.41) is 0. The minimum Gasteiger partial charge on any atom is -0.493 e. The summed E-state index contributed by atoms with van der Waals surface area (Å²) < 4.78 is 26.0. The zero-order chi connectivity index (χ0) is 25.5.